The van der Waals surface area contributed by atoms with E-state index in [4.69, 9.17) is 4.42 Å². The fourth-order valence-electron chi connectivity index (χ4n) is 2.51. The van der Waals surface area contributed by atoms with Crippen LogP contribution in [0.2, 0.25) is 0 Å². The molecule has 1 unspecified atom stereocenters. The van der Waals surface area contributed by atoms with E-state index >= 15 is 0 Å². The van der Waals surface area contributed by atoms with Gasteiger partial charge in [-0.25, -0.2) is 0 Å². The van der Waals surface area contributed by atoms with Crippen molar-refractivity contribution in [3.63, 3.8) is 0 Å². The number of rotatable bonds is 5. The van der Waals surface area contributed by atoms with Crippen LogP contribution in [0, 0.1) is 0 Å². The summed E-state index contributed by atoms with van der Waals surface area (Å²) in [6, 6.07) is 14.3. The predicted molar refractivity (Wildman–Crippen MR) is 88.3 cm³/mol. The zero-order valence-corrected chi connectivity index (χ0v) is 13.4. The molecule has 0 saturated carbocycles. The zero-order valence-electron chi connectivity index (χ0n) is 11.8. The molecule has 1 N–H and O–H groups in total. The number of halogens is 1. The molecule has 1 aromatic carbocycles. The highest BCUT2D eigenvalue weighted by molar-refractivity contribution is 9.10. The number of benzene rings is 1. The zero-order chi connectivity index (χ0) is 14.7. The van der Waals surface area contributed by atoms with Crippen molar-refractivity contribution < 1.29 is 4.42 Å². The standard InChI is InChI=1S/C17H17BrN2O/c1-2-10-20-17(15-8-9-16(18)21-15)13-5-3-7-14-12(13)6-4-11-19-14/h3-9,11,17,20H,2,10H2,1H3. The van der Waals surface area contributed by atoms with Crippen LogP contribution in [0.1, 0.15) is 30.7 Å². The number of pyridine rings is 1. The van der Waals surface area contributed by atoms with Gasteiger partial charge in [-0.2, -0.15) is 0 Å². The molecule has 0 amide bonds. The van der Waals surface area contributed by atoms with Crippen LogP contribution >= 0.6 is 15.9 Å². The van der Waals surface area contributed by atoms with Gasteiger partial charge in [0.2, 0.25) is 0 Å². The van der Waals surface area contributed by atoms with Crippen molar-refractivity contribution >= 4 is 26.8 Å². The smallest absolute Gasteiger partial charge is 0.169 e. The van der Waals surface area contributed by atoms with Crippen LogP contribution in [0.25, 0.3) is 10.9 Å². The largest absolute Gasteiger partial charge is 0.452 e. The first-order valence-electron chi connectivity index (χ1n) is 7.12. The van der Waals surface area contributed by atoms with Crippen molar-refractivity contribution in [3.8, 4) is 0 Å². The van der Waals surface area contributed by atoms with Gasteiger partial charge in [-0.15, -0.1) is 0 Å². The maximum atomic E-state index is 5.78. The molecule has 3 aromatic rings. The Kier molecular flexibility index (Phi) is 4.36. The third-order valence-corrected chi connectivity index (χ3v) is 3.89. The monoisotopic (exact) mass is 344 g/mol. The van der Waals surface area contributed by atoms with Gasteiger partial charge in [0, 0.05) is 11.6 Å². The molecule has 3 nitrogen and oxygen atoms in total. The van der Waals surface area contributed by atoms with Crippen molar-refractivity contribution in [2.45, 2.75) is 19.4 Å². The van der Waals surface area contributed by atoms with E-state index in [0.29, 0.717) is 0 Å². The summed E-state index contributed by atoms with van der Waals surface area (Å²) in [5, 5.41) is 4.72. The van der Waals surface area contributed by atoms with Gasteiger partial charge < -0.3 is 9.73 Å². The van der Waals surface area contributed by atoms with Crippen molar-refractivity contribution in [2.75, 3.05) is 6.54 Å². The van der Waals surface area contributed by atoms with Crippen LogP contribution in [0.3, 0.4) is 0 Å². The first-order valence-corrected chi connectivity index (χ1v) is 7.91. The number of hydrogen-bond donors (Lipinski definition) is 1. The molecular weight excluding hydrogens is 328 g/mol. The van der Waals surface area contributed by atoms with Crippen LogP contribution in [0.4, 0.5) is 0 Å². The summed E-state index contributed by atoms with van der Waals surface area (Å²) in [5.74, 6) is 0.909. The molecule has 2 heterocycles. The lowest BCUT2D eigenvalue weighted by atomic mass is 9.99. The lowest BCUT2D eigenvalue weighted by Gasteiger charge is -2.18. The molecule has 21 heavy (non-hydrogen) atoms. The van der Waals surface area contributed by atoms with Crippen molar-refractivity contribution in [2.24, 2.45) is 0 Å². The number of aromatic nitrogens is 1. The quantitative estimate of drug-likeness (QED) is 0.730. The van der Waals surface area contributed by atoms with Crippen LogP contribution < -0.4 is 5.32 Å². The Morgan fingerprint density at radius 2 is 2.10 bits per heavy atom. The van der Waals surface area contributed by atoms with E-state index in [1.807, 2.05) is 36.5 Å². The molecule has 0 aliphatic rings. The normalized spacial score (nSPS) is 12.7. The fraction of sp³-hybridized carbons (Fsp3) is 0.235. The maximum Gasteiger partial charge on any atom is 0.169 e. The Morgan fingerprint density at radius 3 is 2.86 bits per heavy atom. The SMILES string of the molecule is CCCNC(c1ccc(Br)o1)c1cccc2ncccc12. The molecule has 0 aliphatic carbocycles. The van der Waals surface area contributed by atoms with Crippen LogP contribution in [-0.2, 0) is 0 Å². The van der Waals surface area contributed by atoms with E-state index in [-0.39, 0.29) is 6.04 Å². The van der Waals surface area contributed by atoms with Gasteiger partial charge in [0.25, 0.3) is 0 Å². The van der Waals surface area contributed by atoms with Gasteiger partial charge in [-0.3, -0.25) is 4.98 Å². The number of fused-ring (bicyclic) bond motifs is 1. The molecule has 4 heteroatoms. The molecule has 108 valence electrons. The number of nitrogens with zero attached hydrogens (tertiary/aromatic N) is 1. The van der Waals surface area contributed by atoms with Gasteiger partial charge >= 0.3 is 0 Å². The summed E-state index contributed by atoms with van der Waals surface area (Å²) in [6.07, 6.45) is 2.89. The molecule has 0 aliphatic heterocycles. The summed E-state index contributed by atoms with van der Waals surface area (Å²) in [7, 11) is 0. The third-order valence-electron chi connectivity index (χ3n) is 3.47. The second kappa shape index (κ2) is 6.41. The Labute approximate surface area is 132 Å². The number of nitrogens with one attached hydrogen (secondary N) is 1. The molecule has 3 rings (SSSR count). The topological polar surface area (TPSA) is 38.1 Å². The molecule has 0 bridgehead atoms. The van der Waals surface area contributed by atoms with E-state index in [1.165, 1.54) is 5.56 Å². The van der Waals surface area contributed by atoms with E-state index < -0.39 is 0 Å². The summed E-state index contributed by atoms with van der Waals surface area (Å²) < 4.78 is 6.53. The molecule has 0 radical (unpaired) electrons. The summed E-state index contributed by atoms with van der Waals surface area (Å²) in [5.41, 5.74) is 2.19. The highest BCUT2D eigenvalue weighted by Gasteiger charge is 2.19. The minimum absolute atomic E-state index is 0.0316. The molecule has 0 saturated heterocycles. The maximum absolute atomic E-state index is 5.78. The first kappa shape index (κ1) is 14.3. The minimum atomic E-state index is 0.0316. The molecule has 1 atom stereocenters. The van der Waals surface area contributed by atoms with Crippen molar-refractivity contribution in [1.82, 2.24) is 10.3 Å². The van der Waals surface area contributed by atoms with E-state index in [2.05, 4.69) is 45.3 Å². The fourth-order valence-corrected chi connectivity index (χ4v) is 2.83. The van der Waals surface area contributed by atoms with Gasteiger partial charge in [0.05, 0.1) is 11.6 Å². The minimum Gasteiger partial charge on any atom is -0.452 e. The van der Waals surface area contributed by atoms with Crippen LogP contribution in [-0.4, -0.2) is 11.5 Å². The van der Waals surface area contributed by atoms with Crippen molar-refractivity contribution in [1.29, 1.82) is 0 Å². The lowest BCUT2D eigenvalue weighted by molar-refractivity contribution is 0.434. The highest BCUT2D eigenvalue weighted by atomic mass is 79.9. The number of hydrogen-bond acceptors (Lipinski definition) is 3. The average molecular weight is 345 g/mol. The Balaban J connectivity index is 2.09. The van der Waals surface area contributed by atoms with Gasteiger partial charge in [-0.05, 0) is 58.7 Å². The van der Waals surface area contributed by atoms with E-state index in [1.54, 1.807) is 0 Å². The molecule has 0 spiro atoms. The van der Waals surface area contributed by atoms with Crippen LogP contribution in [0.15, 0.2) is 57.7 Å². The summed E-state index contributed by atoms with van der Waals surface area (Å²) in [4.78, 5) is 4.44. The Bertz CT molecular complexity index is 733. The summed E-state index contributed by atoms with van der Waals surface area (Å²) in [6.45, 7) is 3.09. The predicted octanol–water partition coefficient (Wildman–Crippen LogP) is 4.68. The van der Waals surface area contributed by atoms with Gasteiger partial charge in [0.15, 0.2) is 4.67 Å². The lowest BCUT2D eigenvalue weighted by Crippen LogP contribution is -2.23. The highest BCUT2D eigenvalue weighted by Crippen LogP contribution is 2.30. The third kappa shape index (κ3) is 3.01. The second-order valence-corrected chi connectivity index (χ2v) is 5.73. The second-order valence-electron chi connectivity index (χ2n) is 4.95. The first-order chi connectivity index (χ1) is 10.3. The average Bonchev–Trinajstić information content (AvgIpc) is 2.94. The van der Waals surface area contributed by atoms with Gasteiger partial charge in [-0.1, -0.05) is 25.1 Å². The molecular formula is C17H17BrN2O. The summed E-state index contributed by atoms with van der Waals surface area (Å²) >= 11 is 3.38. The van der Waals surface area contributed by atoms with Crippen LogP contribution in [0.5, 0.6) is 0 Å². The number of furan rings is 1. The molecule has 0 fully saturated rings. The van der Waals surface area contributed by atoms with Crippen molar-refractivity contribution in [3.05, 3.63) is 64.7 Å². The van der Waals surface area contributed by atoms with Gasteiger partial charge in [0.1, 0.15) is 5.76 Å². The Morgan fingerprint density at radius 1 is 1.19 bits per heavy atom. The van der Waals surface area contributed by atoms with E-state index in [0.717, 1.165) is 34.3 Å². The molecule has 2 aromatic heterocycles. The van der Waals surface area contributed by atoms with E-state index in [9.17, 15) is 0 Å². The Hall–Kier alpha value is -1.65.